The molecule has 0 bridgehead atoms. The number of alkyl carbamates (subject to hydrolysis) is 1. The molecule has 122 valence electrons. The Morgan fingerprint density at radius 3 is 1.95 bits per heavy atom. The monoisotopic (exact) mass is 303 g/mol. The zero-order valence-electron chi connectivity index (χ0n) is 13.4. The third kappa shape index (κ3) is 8.88. The smallest absolute Gasteiger partial charge is 0.407 e. The summed E-state index contributed by atoms with van der Waals surface area (Å²) in [6.45, 7) is 5.75. The van der Waals surface area contributed by atoms with E-state index in [0.29, 0.717) is 25.8 Å². The van der Waals surface area contributed by atoms with Gasteiger partial charge in [-0.25, -0.2) is 4.79 Å². The Kier molecular flexibility index (Phi) is 8.42. The maximum atomic E-state index is 11.4. The molecule has 7 nitrogen and oxygen atoms in total. The SMILES string of the molecule is COC(=O)C(CCCCNC(=O)OC(C)(C)C)C(=O)OC. The molecule has 0 fully saturated rings. The van der Waals surface area contributed by atoms with Crippen molar-refractivity contribution in [3.05, 3.63) is 0 Å². The van der Waals surface area contributed by atoms with Gasteiger partial charge in [-0.15, -0.1) is 0 Å². The van der Waals surface area contributed by atoms with Crippen molar-refractivity contribution in [3.63, 3.8) is 0 Å². The van der Waals surface area contributed by atoms with Gasteiger partial charge >= 0.3 is 18.0 Å². The summed E-state index contributed by atoms with van der Waals surface area (Å²) in [4.78, 5) is 34.2. The van der Waals surface area contributed by atoms with Gasteiger partial charge in [0.25, 0.3) is 0 Å². The van der Waals surface area contributed by atoms with Crippen LogP contribution in [0, 0.1) is 5.92 Å². The number of esters is 2. The number of nitrogens with one attached hydrogen (secondary N) is 1. The number of carbonyl (C=O) groups is 3. The molecular weight excluding hydrogens is 278 g/mol. The highest BCUT2D eigenvalue weighted by Crippen LogP contribution is 2.12. The molecule has 0 unspecified atom stereocenters. The number of methoxy groups -OCH3 is 2. The van der Waals surface area contributed by atoms with Crippen molar-refractivity contribution in [2.24, 2.45) is 5.92 Å². The van der Waals surface area contributed by atoms with Crippen molar-refractivity contribution in [2.75, 3.05) is 20.8 Å². The van der Waals surface area contributed by atoms with Gasteiger partial charge in [0.05, 0.1) is 14.2 Å². The van der Waals surface area contributed by atoms with Gasteiger partial charge < -0.3 is 19.5 Å². The van der Waals surface area contributed by atoms with Crippen molar-refractivity contribution >= 4 is 18.0 Å². The van der Waals surface area contributed by atoms with Crippen LogP contribution in [0.25, 0.3) is 0 Å². The number of hydrogen-bond acceptors (Lipinski definition) is 6. The fourth-order valence-electron chi connectivity index (χ4n) is 1.59. The Hall–Kier alpha value is -1.79. The predicted octanol–water partition coefficient (Wildman–Crippen LogP) is 1.64. The first-order valence-electron chi connectivity index (χ1n) is 6.83. The zero-order valence-corrected chi connectivity index (χ0v) is 13.4. The first-order valence-corrected chi connectivity index (χ1v) is 6.83. The highest BCUT2D eigenvalue weighted by Gasteiger charge is 2.27. The number of carbonyl (C=O) groups excluding carboxylic acids is 3. The first-order chi connectivity index (χ1) is 9.71. The van der Waals surface area contributed by atoms with E-state index in [2.05, 4.69) is 14.8 Å². The lowest BCUT2D eigenvalue weighted by Gasteiger charge is -2.19. The van der Waals surface area contributed by atoms with Crippen molar-refractivity contribution in [1.29, 1.82) is 0 Å². The largest absolute Gasteiger partial charge is 0.468 e. The Morgan fingerprint density at radius 1 is 1.00 bits per heavy atom. The summed E-state index contributed by atoms with van der Waals surface area (Å²) in [7, 11) is 2.45. The molecule has 0 atom stereocenters. The standard InChI is InChI=1S/C14H25NO6/c1-14(2,3)21-13(18)15-9-7-6-8-10(11(16)19-4)12(17)20-5/h10H,6-9H2,1-5H3,(H,15,18). The van der Waals surface area contributed by atoms with Gasteiger partial charge in [0.2, 0.25) is 0 Å². The van der Waals surface area contributed by atoms with Gasteiger partial charge in [0.1, 0.15) is 5.60 Å². The molecule has 0 aliphatic carbocycles. The molecule has 7 heteroatoms. The van der Waals surface area contributed by atoms with E-state index < -0.39 is 29.6 Å². The molecule has 1 N–H and O–H groups in total. The van der Waals surface area contributed by atoms with Crippen LogP contribution in [0.5, 0.6) is 0 Å². The second kappa shape index (κ2) is 9.20. The van der Waals surface area contributed by atoms with Crippen LogP contribution in [0.3, 0.4) is 0 Å². The van der Waals surface area contributed by atoms with E-state index in [4.69, 9.17) is 4.74 Å². The summed E-state index contributed by atoms with van der Waals surface area (Å²) in [6.07, 6.45) is 1.02. The molecule has 0 saturated carbocycles. The highest BCUT2D eigenvalue weighted by molar-refractivity contribution is 5.94. The highest BCUT2D eigenvalue weighted by atomic mass is 16.6. The molecule has 0 radical (unpaired) electrons. The van der Waals surface area contributed by atoms with Crippen LogP contribution in [0.15, 0.2) is 0 Å². The van der Waals surface area contributed by atoms with E-state index in [1.165, 1.54) is 14.2 Å². The number of amides is 1. The Balaban J connectivity index is 3.99. The number of ether oxygens (including phenoxy) is 3. The first kappa shape index (κ1) is 19.2. The van der Waals surface area contributed by atoms with Crippen LogP contribution in [-0.2, 0) is 23.8 Å². The van der Waals surface area contributed by atoms with Crippen LogP contribution in [0.4, 0.5) is 4.79 Å². The van der Waals surface area contributed by atoms with Gasteiger partial charge in [-0.1, -0.05) is 6.42 Å². The second-order valence-electron chi connectivity index (χ2n) is 5.52. The molecule has 0 aromatic rings. The number of hydrogen-bond donors (Lipinski definition) is 1. The molecule has 0 saturated heterocycles. The van der Waals surface area contributed by atoms with Crippen LogP contribution >= 0.6 is 0 Å². The third-order valence-corrected chi connectivity index (χ3v) is 2.56. The molecule has 0 aromatic heterocycles. The third-order valence-electron chi connectivity index (χ3n) is 2.56. The lowest BCUT2D eigenvalue weighted by Crippen LogP contribution is -2.33. The molecule has 0 aliphatic rings. The van der Waals surface area contributed by atoms with Crippen LogP contribution < -0.4 is 5.32 Å². The Labute approximate surface area is 125 Å². The fraction of sp³-hybridized carbons (Fsp3) is 0.786. The van der Waals surface area contributed by atoms with E-state index in [9.17, 15) is 14.4 Å². The van der Waals surface area contributed by atoms with Gasteiger partial charge in [-0.05, 0) is 33.6 Å². The summed E-state index contributed by atoms with van der Waals surface area (Å²) in [6, 6.07) is 0. The molecule has 0 rings (SSSR count). The Morgan fingerprint density at radius 2 is 1.52 bits per heavy atom. The van der Waals surface area contributed by atoms with Gasteiger partial charge in [-0.2, -0.15) is 0 Å². The quantitative estimate of drug-likeness (QED) is 0.333. The predicted molar refractivity (Wildman–Crippen MR) is 75.6 cm³/mol. The minimum Gasteiger partial charge on any atom is -0.468 e. The molecule has 1 amide bonds. The van der Waals surface area contributed by atoms with Crippen molar-refractivity contribution in [3.8, 4) is 0 Å². The average molecular weight is 303 g/mol. The van der Waals surface area contributed by atoms with Crippen molar-refractivity contribution in [1.82, 2.24) is 5.32 Å². The molecular formula is C14H25NO6. The summed E-state index contributed by atoms with van der Waals surface area (Å²) < 4.78 is 14.2. The lowest BCUT2D eigenvalue weighted by atomic mass is 10.0. The van der Waals surface area contributed by atoms with E-state index in [-0.39, 0.29) is 0 Å². The zero-order chi connectivity index (χ0) is 16.5. The maximum absolute atomic E-state index is 11.4. The van der Waals surface area contributed by atoms with Gasteiger partial charge in [0.15, 0.2) is 5.92 Å². The fourth-order valence-corrected chi connectivity index (χ4v) is 1.59. The second-order valence-corrected chi connectivity index (χ2v) is 5.52. The van der Waals surface area contributed by atoms with E-state index >= 15 is 0 Å². The summed E-state index contributed by atoms with van der Waals surface area (Å²) in [5.74, 6) is -2.13. The minimum atomic E-state index is -0.915. The lowest BCUT2D eigenvalue weighted by molar-refractivity contribution is -0.159. The molecule has 21 heavy (non-hydrogen) atoms. The number of unbranched alkanes of at least 4 members (excludes halogenated alkanes) is 1. The summed E-state index contributed by atoms with van der Waals surface area (Å²) in [5.41, 5.74) is -0.537. The van der Waals surface area contributed by atoms with Crippen LogP contribution in [-0.4, -0.2) is 44.4 Å². The normalized spacial score (nSPS) is 11.0. The molecule has 0 aliphatic heterocycles. The van der Waals surface area contributed by atoms with Crippen molar-refractivity contribution < 1.29 is 28.6 Å². The summed E-state index contributed by atoms with van der Waals surface area (Å²) >= 11 is 0. The maximum Gasteiger partial charge on any atom is 0.407 e. The van der Waals surface area contributed by atoms with Gasteiger partial charge in [-0.3, -0.25) is 9.59 Å². The van der Waals surface area contributed by atoms with Crippen LogP contribution in [0.1, 0.15) is 40.0 Å². The van der Waals surface area contributed by atoms with Crippen molar-refractivity contribution in [2.45, 2.75) is 45.6 Å². The van der Waals surface area contributed by atoms with E-state index in [1.807, 2.05) is 0 Å². The van der Waals surface area contributed by atoms with Crippen LogP contribution in [0.2, 0.25) is 0 Å². The Bertz CT molecular complexity index is 345. The van der Waals surface area contributed by atoms with Gasteiger partial charge in [0, 0.05) is 6.54 Å². The minimum absolute atomic E-state index is 0.315. The summed E-state index contributed by atoms with van der Waals surface area (Å²) in [5, 5.41) is 2.61. The van der Waals surface area contributed by atoms with E-state index in [0.717, 1.165) is 0 Å². The number of rotatable bonds is 7. The molecule has 0 spiro atoms. The topological polar surface area (TPSA) is 90.9 Å². The molecule has 0 aromatic carbocycles. The molecule has 0 heterocycles. The van der Waals surface area contributed by atoms with E-state index in [1.54, 1.807) is 20.8 Å². The average Bonchev–Trinajstić information content (AvgIpc) is 2.39.